The van der Waals surface area contributed by atoms with Gasteiger partial charge in [0.25, 0.3) is 0 Å². The molecule has 2 heterocycles. The fourth-order valence-corrected chi connectivity index (χ4v) is 6.41. The summed E-state index contributed by atoms with van der Waals surface area (Å²) in [5.74, 6) is -0.617. The van der Waals surface area contributed by atoms with E-state index in [1.165, 1.54) is 24.3 Å². The molecular formula is C42H47F3N6O3. The van der Waals surface area contributed by atoms with Crippen LogP contribution in [0.15, 0.2) is 109 Å². The molecule has 12 heteroatoms. The molecule has 1 saturated heterocycles. The fraction of sp³-hybridized carbons (Fsp3) is 0.333. The lowest BCUT2D eigenvalue weighted by atomic mass is 10.0. The number of pyridine rings is 1. The Labute approximate surface area is 315 Å². The van der Waals surface area contributed by atoms with Gasteiger partial charge in [-0.15, -0.1) is 0 Å². The second-order valence-electron chi connectivity index (χ2n) is 13.6. The van der Waals surface area contributed by atoms with E-state index in [9.17, 15) is 27.6 Å². The molecule has 1 fully saturated rings. The molecule has 0 unspecified atom stereocenters. The quantitative estimate of drug-likeness (QED) is 0.148. The van der Waals surface area contributed by atoms with Gasteiger partial charge in [0, 0.05) is 96.9 Å². The standard InChI is InChI=1S/C42H47F3N6O3/c1-32(52)49-25-27-50(28-26-49)38-16-11-35(12-17-38)31-51(40(53)18-13-33-9-14-37(15-10-33)42(43,44)45)39(29-34-7-5-4-6-8-34)41(54)48(3)24-23-47(2)30-36-19-21-46-22-20-36/h4-22,39H,23-31H2,1-3H3/t39-/m0/s1. The molecule has 0 saturated carbocycles. The number of nitrogens with zero attached hydrogens (tertiary/aromatic N) is 6. The number of hydrogen-bond acceptors (Lipinski definition) is 6. The predicted molar refractivity (Wildman–Crippen MR) is 204 cm³/mol. The molecule has 9 nitrogen and oxygen atoms in total. The Morgan fingerprint density at radius 2 is 1.41 bits per heavy atom. The lowest BCUT2D eigenvalue weighted by molar-refractivity contribution is -0.143. The van der Waals surface area contributed by atoms with Gasteiger partial charge in [-0.3, -0.25) is 19.4 Å². The minimum absolute atomic E-state index is 0.0596. The molecule has 284 valence electrons. The molecule has 0 bridgehead atoms. The van der Waals surface area contributed by atoms with Crippen molar-refractivity contribution in [3.63, 3.8) is 0 Å². The molecule has 0 radical (unpaired) electrons. The van der Waals surface area contributed by atoms with Gasteiger partial charge in [0.1, 0.15) is 6.04 Å². The number of rotatable bonds is 14. The third-order valence-corrected chi connectivity index (χ3v) is 9.65. The van der Waals surface area contributed by atoms with Crippen LogP contribution in [0.1, 0.15) is 34.7 Å². The van der Waals surface area contributed by atoms with Crippen LogP contribution in [0.3, 0.4) is 0 Å². The van der Waals surface area contributed by atoms with Crippen LogP contribution in [0.5, 0.6) is 0 Å². The largest absolute Gasteiger partial charge is 0.416 e. The van der Waals surface area contributed by atoms with E-state index in [0.717, 1.165) is 34.5 Å². The molecule has 54 heavy (non-hydrogen) atoms. The third-order valence-electron chi connectivity index (χ3n) is 9.65. The zero-order valence-electron chi connectivity index (χ0n) is 31.0. The lowest BCUT2D eigenvalue weighted by Gasteiger charge is -2.36. The number of carbonyl (C=O) groups excluding carboxylic acids is 3. The summed E-state index contributed by atoms with van der Waals surface area (Å²) in [7, 11) is 3.72. The van der Waals surface area contributed by atoms with Crippen molar-refractivity contribution in [2.24, 2.45) is 0 Å². The van der Waals surface area contributed by atoms with Crippen LogP contribution in [0.2, 0.25) is 0 Å². The van der Waals surface area contributed by atoms with Crippen LogP contribution < -0.4 is 4.90 Å². The number of alkyl halides is 3. The summed E-state index contributed by atoms with van der Waals surface area (Å²) in [6.07, 6.45) is 2.07. The van der Waals surface area contributed by atoms with E-state index in [4.69, 9.17) is 0 Å². The van der Waals surface area contributed by atoms with E-state index >= 15 is 0 Å². The van der Waals surface area contributed by atoms with Crippen LogP contribution in [-0.4, -0.2) is 102 Å². The SMILES string of the molecule is CC(=O)N1CCN(c2ccc(CN(C(=O)C=Cc3ccc(C(F)(F)F)cc3)[C@@H](Cc3ccccc3)C(=O)N(C)CCN(C)Cc3ccncc3)cc2)CC1. The molecule has 5 rings (SSSR count). The molecular weight excluding hydrogens is 693 g/mol. The maximum atomic E-state index is 14.4. The summed E-state index contributed by atoms with van der Waals surface area (Å²) < 4.78 is 39.6. The zero-order valence-corrected chi connectivity index (χ0v) is 31.0. The second kappa shape index (κ2) is 18.5. The third kappa shape index (κ3) is 11.3. The molecule has 0 N–H and O–H groups in total. The first-order valence-corrected chi connectivity index (χ1v) is 18.0. The first kappa shape index (κ1) is 39.7. The Hall–Kier alpha value is -5.49. The van der Waals surface area contributed by atoms with Crippen molar-refractivity contribution in [2.75, 3.05) is 58.3 Å². The molecule has 1 aliphatic rings. The highest BCUT2D eigenvalue weighted by atomic mass is 19.4. The van der Waals surface area contributed by atoms with E-state index in [-0.39, 0.29) is 24.8 Å². The van der Waals surface area contributed by atoms with Gasteiger partial charge in [-0.1, -0.05) is 54.6 Å². The van der Waals surface area contributed by atoms with Crippen molar-refractivity contribution >= 4 is 29.5 Å². The first-order chi connectivity index (χ1) is 25.9. The number of amides is 3. The fourth-order valence-electron chi connectivity index (χ4n) is 6.41. The molecule has 1 aliphatic heterocycles. The summed E-state index contributed by atoms with van der Waals surface area (Å²) in [6, 6.07) is 25.0. The van der Waals surface area contributed by atoms with Crippen molar-refractivity contribution < 1.29 is 27.6 Å². The number of halogens is 3. The number of anilines is 1. The van der Waals surface area contributed by atoms with Gasteiger partial charge in [-0.25, -0.2) is 0 Å². The van der Waals surface area contributed by atoms with Crippen molar-refractivity contribution in [3.05, 3.63) is 137 Å². The number of piperazine rings is 1. The highest BCUT2D eigenvalue weighted by Gasteiger charge is 2.32. The monoisotopic (exact) mass is 740 g/mol. The molecule has 3 amide bonds. The number of benzene rings is 3. The topological polar surface area (TPSA) is 80.3 Å². The summed E-state index contributed by atoms with van der Waals surface area (Å²) in [6.45, 7) is 6.07. The lowest BCUT2D eigenvalue weighted by Crippen LogP contribution is -2.51. The summed E-state index contributed by atoms with van der Waals surface area (Å²) in [4.78, 5) is 53.9. The Morgan fingerprint density at radius 1 is 0.778 bits per heavy atom. The van der Waals surface area contributed by atoms with E-state index in [2.05, 4.69) is 14.8 Å². The number of carbonyl (C=O) groups is 3. The number of likely N-dealkylation sites (N-methyl/N-ethyl adjacent to an activating group) is 2. The van der Waals surface area contributed by atoms with Crippen LogP contribution in [-0.2, 0) is 40.1 Å². The Kier molecular flexibility index (Phi) is 13.6. The van der Waals surface area contributed by atoms with Gasteiger partial charge in [0.2, 0.25) is 17.7 Å². The molecule has 1 atom stereocenters. The number of hydrogen-bond donors (Lipinski definition) is 0. The molecule has 0 aliphatic carbocycles. The molecule has 3 aromatic carbocycles. The minimum atomic E-state index is -4.47. The van der Waals surface area contributed by atoms with Gasteiger partial charge >= 0.3 is 6.18 Å². The van der Waals surface area contributed by atoms with Gasteiger partial charge in [-0.05, 0) is 71.8 Å². The second-order valence-corrected chi connectivity index (χ2v) is 13.6. The van der Waals surface area contributed by atoms with Gasteiger partial charge in [-0.2, -0.15) is 13.2 Å². The Bertz CT molecular complexity index is 1850. The zero-order chi connectivity index (χ0) is 38.7. The number of aromatic nitrogens is 1. The minimum Gasteiger partial charge on any atom is -0.368 e. The van der Waals surface area contributed by atoms with Crippen LogP contribution in [0, 0.1) is 0 Å². The summed E-state index contributed by atoms with van der Waals surface area (Å²) in [5, 5.41) is 0. The van der Waals surface area contributed by atoms with Crippen molar-refractivity contribution in [2.45, 2.75) is 38.7 Å². The maximum absolute atomic E-state index is 14.4. The molecule has 0 spiro atoms. The first-order valence-electron chi connectivity index (χ1n) is 18.0. The van der Waals surface area contributed by atoms with Crippen LogP contribution in [0.25, 0.3) is 6.08 Å². The average molecular weight is 741 g/mol. The highest BCUT2D eigenvalue weighted by molar-refractivity contribution is 5.95. The summed E-state index contributed by atoms with van der Waals surface area (Å²) in [5.41, 5.74) is 3.43. The van der Waals surface area contributed by atoms with Gasteiger partial charge < -0.3 is 24.5 Å². The Balaban J connectivity index is 1.40. The highest BCUT2D eigenvalue weighted by Crippen LogP contribution is 2.29. The van der Waals surface area contributed by atoms with E-state index in [1.807, 2.05) is 78.7 Å². The van der Waals surface area contributed by atoms with E-state index in [1.54, 1.807) is 36.2 Å². The van der Waals surface area contributed by atoms with Gasteiger partial charge in [0.15, 0.2) is 0 Å². The molecule has 4 aromatic rings. The smallest absolute Gasteiger partial charge is 0.368 e. The molecule has 1 aromatic heterocycles. The van der Waals surface area contributed by atoms with Gasteiger partial charge in [0.05, 0.1) is 5.56 Å². The average Bonchev–Trinajstić information content (AvgIpc) is 3.18. The van der Waals surface area contributed by atoms with Crippen molar-refractivity contribution in [3.8, 4) is 0 Å². The van der Waals surface area contributed by atoms with Crippen molar-refractivity contribution in [1.29, 1.82) is 0 Å². The van der Waals surface area contributed by atoms with E-state index in [0.29, 0.717) is 51.4 Å². The summed E-state index contributed by atoms with van der Waals surface area (Å²) >= 11 is 0. The van der Waals surface area contributed by atoms with Crippen LogP contribution >= 0.6 is 0 Å². The van der Waals surface area contributed by atoms with Crippen LogP contribution in [0.4, 0.5) is 18.9 Å². The van der Waals surface area contributed by atoms with E-state index < -0.39 is 23.7 Å². The Morgan fingerprint density at radius 3 is 2.02 bits per heavy atom. The maximum Gasteiger partial charge on any atom is 0.416 e. The predicted octanol–water partition coefficient (Wildman–Crippen LogP) is 6.01. The van der Waals surface area contributed by atoms with Crippen molar-refractivity contribution in [1.82, 2.24) is 24.6 Å². The normalized spacial score (nSPS) is 14.0.